The first kappa shape index (κ1) is 23.2. The van der Waals surface area contributed by atoms with E-state index in [0.717, 1.165) is 13.2 Å². The lowest BCUT2D eigenvalue weighted by atomic mass is 10.5. The Bertz CT molecular complexity index is 469. The SMILES string of the molecule is C#CCOC[C@@H]1CO1.CC(C)[Si](C#CCOC[C@@H]1CO1)(C(C)C)C(C)C. The Morgan fingerprint density at radius 3 is 1.65 bits per heavy atom. The van der Waals surface area contributed by atoms with E-state index in [1.165, 1.54) is 0 Å². The third kappa shape index (κ3) is 8.25. The number of rotatable bonds is 9. The molecule has 0 N–H and O–H groups in total. The molecule has 148 valence electrons. The van der Waals surface area contributed by atoms with Gasteiger partial charge in [-0.1, -0.05) is 53.4 Å². The van der Waals surface area contributed by atoms with Gasteiger partial charge in [-0.3, -0.25) is 0 Å². The molecule has 2 fully saturated rings. The Labute approximate surface area is 161 Å². The van der Waals surface area contributed by atoms with Crippen LogP contribution >= 0.6 is 0 Å². The van der Waals surface area contributed by atoms with Crippen LogP contribution in [0.1, 0.15) is 41.5 Å². The highest BCUT2D eigenvalue weighted by Crippen LogP contribution is 2.40. The van der Waals surface area contributed by atoms with Gasteiger partial charge in [0.05, 0.1) is 26.4 Å². The lowest BCUT2D eigenvalue weighted by molar-refractivity contribution is 0.145. The Balaban J connectivity index is 0.000000350. The van der Waals surface area contributed by atoms with E-state index in [1.54, 1.807) is 0 Å². The third-order valence-electron chi connectivity index (χ3n) is 4.94. The molecule has 0 aromatic rings. The molecule has 0 amide bonds. The summed E-state index contributed by atoms with van der Waals surface area (Å²) in [5.41, 5.74) is 5.72. The minimum absolute atomic E-state index is 0.336. The lowest BCUT2D eigenvalue weighted by Crippen LogP contribution is -2.43. The maximum Gasteiger partial charge on any atom is 0.146 e. The van der Waals surface area contributed by atoms with E-state index >= 15 is 0 Å². The van der Waals surface area contributed by atoms with Gasteiger partial charge in [0.15, 0.2) is 0 Å². The second kappa shape index (κ2) is 11.8. The molecule has 2 aliphatic rings. The topological polar surface area (TPSA) is 43.5 Å². The molecule has 2 aliphatic heterocycles. The number of hydrogen-bond donors (Lipinski definition) is 0. The van der Waals surface area contributed by atoms with Crippen molar-refractivity contribution in [1.29, 1.82) is 0 Å². The zero-order valence-corrected chi connectivity index (χ0v) is 18.3. The number of terminal acetylenes is 1. The average molecular weight is 381 g/mol. The molecule has 5 heteroatoms. The first-order valence-electron chi connectivity index (χ1n) is 9.66. The molecule has 0 aromatic carbocycles. The molecular weight excluding hydrogens is 344 g/mol. The van der Waals surface area contributed by atoms with Crippen molar-refractivity contribution in [3.63, 3.8) is 0 Å². The quantitative estimate of drug-likeness (QED) is 0.265. The van der Waals surface area contributed by atoms with Crippen molar-refractivity contribution in [3.05, 3.63) is 0 Å². The smallest absolute Gasteiger partial charge is 0.146 e. The molecule has 2 rings (SSSR count). The zero-order valence-electron chi connectivity index (χ0n) is 17.3. The van der Waals surface area contributed by atoms with E-state index < -0.39 is 8.07 Å². The van der Waals surface area contributed by atoms with Crippen LogP contribution in [0.5, 0.6) is 0 Å². The van der Waals surface area contributed by atoms with Crippen LogP contribution in [0.3, 0.4) is 0 Å². The molecule has 2 saturated heterocycles. The summed E-state index contributed by atoms with van der Waals surface area (Å²) in [5.74, 6) is 5.66. The maximum atomic E-state index is 5.52. The molecule has 0 aliphatic carbocycles. The Morgan fingerprint density at radius 2 is 1.31 bits per heavy atom. The first-order valence-corrected chi connectivity index (χ1v) is 11.9. The predicted octanol–water partition coefficient (Wildman–Crippen LogP) is 3.66. The van der Waals surface area contributed by atoms with Gasteiger partial charge in [0.25, 0.3) is 0 Å². The van der Waals surface area contributed by atoms with Gasteiger partial charge in [-0.2, -0.15) is 0 Å². The van der Waals surface area contributed by atoms with Crippen LogP contribution < -0.4 is 0 Å². The second-order valence-corrected chi connectivity index (χ2v) is 13.4. The molecular formula is C21H36O4Si. The molecule has 0 bridgehead atoms. The molecule has 2 heterocycles. The molecule has 0 aromatic heterocycles. The highest BCUT2D eigenvalue weighted by molar-refractivity contribution is 6.90. The molecule has 0 radical (unpaired) electrons. The molecule has 2 atom stereocenters. The molecule has 26 heavy (non-hydrogen) atoms. The van der Waals surface area contributed by atoms with E-state index in [-0.39, 0.29) is 0 Å². The van der Waals surface area contributed by atoms with E-state index in [4.69, 9.17) is 25.4 Å². The lowest BCUT2D eigenvalue weighted by Gasteiger charge is -2.38. The van der Waals surface area contributed by atoms with Crippen molar-refractivity contribution in [2.24, 2.45) is 0 Å². The summed E-state index contributed by atoms with van der Waals surface area (Å²) in [4.78, 5) is 0. The maximum absolute atomic E-state index is 5.52. The van der Waals surface area contributed by atoms with Gasteiger partial charge < -0.3 is 18.9 Å². The van der Waals surface area contributed by atoms with Crippen molar-refractivity contribution in [2.75, 3.05) is 39.6 Å². The summed E-state index contributed by atoms with van der Waals surface area (Å²) in [6.07, 6.45) is 5.60. The van der Waals surface area contributed by atoms with Crippen molar-refractivity contribution in [1.82, 2.24) is 0 Å². The largest absolute Gasteiger partial charge is 0.371 e. The minimum Gasteiger partial charge on any atom is -0.371 e. The molecule has 0 spiro atoms. The van der Waals surface area contributed by atoms with Crippen LogP contribution in [0.15, 0.2) is 0 Å². The highest BCUT2D eigenvalue weighted by atomic mass is 28.3. The van der Waals surface area contributed by atoms with Crippen molar-refractivity contribution < 1.29 is 18.9 Å². The standard InChI is InChI=1S/C15H28O2Si.C6H8O2/c1-12(2)18(13(3)4,14(5)6)9-7-8-16-10-15-11-17-15;1-2-3-7-4-6-5-8-6/h12-15H,8,10-11H2,1-6H3;1,6H,3-5H2/t15-;6-/m11/s1. The summed E-state index contributed by atoms with van der Waals surface area (Å²) in [6.45, 7) is 18.0. The van der Waals surface area contributed by atoms with Gasteiger partial charge in [-0.05, 0) is 16.6 Å². The fourth-order valence-corrected chi connectivity index (χ4v) is 8.69. The van der Waals surface area contributed by atoms with Gasteiger partial charge in [0.1, 0.15) is 33.5 Å². The Kier molecular flexibility index (Phi) is 10.5. The number of ether oxygens (including phenoxy) is 4. The normalized spacial score (nSPS) is 20.9. The van der Waals surface area contributed by atoms with Crippen LogP contribution in [0.4, 0.5) is 0 Å². The second-order valence-electron chi connectivity index (χ2n) is 7.84. The number of epoxide rings is 2. The first-order chi connectivity index (χ1) is 12.3. The van der Waals surface area contributed by atoms with Crippen LogP contribution in [0.2, 0.25) is 16.6 Å². The molecule has 0 unspecified atom stereocenters. The summed E-state index contributed by atoms with van der Waals surface area (Å²) < 4.78 is 20.4. The van der Waals surface area contributed by atoms with E-state index in [0.29, 0.717) is 55.3 Å². The molecule has 4 nitrogen and oxygen atoms in total. The number of hydrogen-bond acceptors (Lipinski definition) is 4. The van der Waals surface area contributed by atoms with Crippen LogP contribution in [-0.4, -0.2) is 59.9 Å². The van der Waals surface area contributed by atoms with Crippen molar-refractivity contribution in [3.8, 4) is 23.8 Å². The molecule has 0 saturated carbocycles. The van der Waals surface area contributed by atoms with E-state index in [1.807, 2.05) is 0 Å². The fraction of sp³-hybridized carbons (Fsp3) is 0.810. The Hall–Kier alpha value is -0.823. The zero-order chi connectivity index (χ0) is 19.6. The highest BCUT2D eigenvalue weighted by Gasteiger charge is 2.41. The van der Waals surface area contributed by atoms with E-state index in [2.05, 4.69) is 58.9 Å². The van der Waals surface area contributed by atoms with Gasteiger partial charge in [-0.25, -0.2) is 0 Å². The van der Waals surface area contributed by atoms with Gasteiger partial charge in [-0.15, -0.1) is 12.0 Å². The van der Waals surface area contributed by atoms with Crippen LogP contribution in [0.25, 0.3) is 0 Å². The van der Waals surface area contributed by atoms with Crippen molar-refractivity contribution in [2.45, 2.75) is 70.4 Å². The van der Waals surface area contributed by atoms with Crippen LogP contribution in [0, 0.1) is 23.8 Å². The Morgan fingerprint density at radius 1 is 0.885 bits per heavy atom. The summed E-state index contributed by atoms with van der Waals surface area (Å²) in [7, 11) is -1.56. The van der Waals surface area contributed by atoms with Gasteiger partial charge >= 0.3 is 0 Å². The summed E-state index contributed by atoms with van der Waals surface area (Å²) in [6, 6.07) is 0. The minimum atomic E-state index is -1.56. The van der Waals surface area contributed by atoms with Crippen molar-refractivity contribution >= 4 is 8.07 Å². The summed E-state index contributed by atoms with van der Waals surface area (Å²) in [5, 5.41) is 0. The fourth-order valence-electron chi connectivity index (χ4n) is 3.44. The van der Waals surface area contributed by atoms with Crippen LogP contribution in [-0.2, 0) is 18.9 Å². The third-order valence-corrected chi connectivity index (χ3v) is 11.3. The predicted molar refractivity (Wildman–Crippen MR) is 109 cm³/mol. The average Bonchev–Trinajstić information content (AvgIpc) is 3.45. The van der Waals surface area contributed by atoms with Gasteiger partial charge in [0.2, 0.25) is 0 Å². The van der Waals surface area contributed by atoms with Gasteiger partial charge in [0, 0.05) is 0 Å². The monoisotopic (exact) mass is 380 g/mol. The van der Waals surface area contributed by atoms with E-state index in [9.17, 15) is 0 Å². The summed E-state index contributed by atoms with van der Waals surface area (Å²) >= 11 is 0.